The van der Waals surface area contributed by atoms with Crippen LogP contribution in [0.5, 0.6) is 0 Å². The molecule has 2 aromatic carbocycles. The number of hydrogen-bond acceptors (Lipinski definition) is 2. The lowest BCUT2D eigenvalue weighted by Gasteiger charge is -2.06. The van der Waals surface area contributed by atoms with E-state index >= 15 is 0 Å². The fraction of sp³-hybridized carbons (Fsp3) is 0.0769. The first-order valence-electron chi connectivity index (χ1n) is 5.18. The van der Waals surface area contributed by atoms with E-state index in [1.807, 2.05) is 24.3 Å². The minimum atomic E-state index is -0.390. The van der Waals surface area contributed by atoms with Crippen molar-refractivity contribution in [3.05, 3.63) is 57.3 Å². The summed E-state index contributed by atoms with van der Waals surface area (Å²) in [7, 11) is 0. The van der Waals surface area contributed by atoms with Gasteiger partial charge in [-0.3, -0.25) is 0 Å². The maximum absolute atomic E-state index is 13.3. The van der Waals surface area contributed by atoms with Crippen LogP contribution >= 0.6 is 39.3 Å². The largest absolute Gasteiger partial charge is 0.398 e. The van der Waals surface area contributed by atoms with Gasteiger partial charge in [-0.25, -0.2) is 4.39 Å². The van der Waals surface area contributed by atoms with Crippen molar-refractivity contribution in [1.82, 2.24) is 0 Å². The van der Waals surface area contributed by atoms with Gasteiger partial charge in [0.2, 0.25) is 0 Å². The molecular weight excluding hydrogens is 337 g/mol. The van der Waals surface area contributed by atoms with Crippen LogP contribution in [0.3, 0.4) is 0 Å². The Labute approximate surface area is 123 Å². The first-order valence-corrected chi connectivity index (χ1v) is 7.33. The van der Waals surface area contributed by atoms with Crippen molar-refractivity contribution < 1.29 is 4.39 Å². The van der Waals surface area contributed by atoms with Gasteiger partial charge in [0.05, 0.1) is 5.02 Å². The van der Waals surface area contributed by atoms with Gasteiger partial charge in [0.25, 0.3) is 0 Å². The molecule has 18 heavy (non-hydrogen) atoms. The fourth-order valence-corrected chi connectivity index (χ4v) is 2.83. The van der Waals surface area contributed by atoms with Gasteiger partial charge in [0.1, 0.15) is 5.82 Å². The SMILES string of the molecule is Nc1cc(Br)ccc1SCc1ccc(Cl)c(F)c1. The number of thioether (sulfide) groups is 1. The highest BCUT2D eigenvalue weighted by atomic mass is 79.9. The topological polar surface area (TPSA) is 26.0 Å². The first-order chi connectivity index (χ1) is 8.56. The number of halogens is 3. The lowest BCUT2D eigenvalue weighted by atomic mass is 10.2. The predicted molar refractivity (Wildman–Crippen MR) is 79.5 cm³/mol. The molecule has 0 aliphatic rings. The molecule has 2 rings (SSSR count). The molecule has 2 aromatic rings. The van der Waals surface area contributed by atoms with Gasteiger partial charge in [-0.05, 0) is 35.9 Å². The fourth-order valence-electron chi connectivity index (χ4n) is 1.44. The predicted octanol–water partition coefficient (Wildman–Crippen LogP) is 5.12. The van der Waals surface area contributed by atoms with E-state index in [0.717, 1.165) is 14.9 Å². The average Bonchev–Trinajstić information content (AvgIpc) is 2.32. The van der Waals surface area contributed by atoms with E-state index in [1.54, 1.807) is 17.8 Å². The molecule has 2 N–H and O–H groups in total. The van der Waals surface area contributed by atoms with Gasteiger partial charge in [0, 0.05) is 20.8 Å². The molecule has 5 heteroatoms. The Hall–Kier alpha value is -0.710. The summed E-state index contributed by atoms with van der Waals surface area (Å²) < 4.78 is 14.2. The molecule has 0 spiro atoms. The molecule has 0 fully saturated rings. The Morgan fingerprint density at radius 2 is 2.00 bits per heavy atom. The molecule has 0 bridgehead atoms. The smallest absolute Gasteiger partial charge is 0.142 e. The zero-order valence-corrected chi connectivity index (χ0v) is 12.4. The van der Waals surface area contributed by atoms with Crippen LogP contribution in [0.15, 0.2) is 45.8 Å². The van der Waals surface area contributed by atoms with Crippen LogP contribution in [-0.2, 0) is 5.75 Å². The molecular formula is C13H10BrClFNS. The van der Waals surface area contributed by atoms with Gasteiger partial charge in [-0.15, -0.1) is 11.8 Å². The maximum Gasteiger partial charge on any atom is 0.142 e. The molecule has 0 saturated carbocycles. The highest BCUT2D eigenvalue weighted by Gasteiger charge is 2.04. The van der Waals surface area contributed by atoms with Gasteiger partial charge < -0.3 is 5.73 Å². The van der Waals surface area contributed by atoms with E-state index in [9.17, 15) is 4.39 Å². The number of benzene rings is 2. The number of rotatable bonds is 3. The molecule has 0 aromatic heterocycles. The first kappa shape index (κ1) is 13.7. The molecule has 0 amide bonds. The Kier molecular flexibility index (Phi) is 4.54. The molecule has 0 aliphatic carbocycles. The van der Waals surface area contributed by atoms with E-state index in [0.29, 0.717) is 11.4 Å². The van der Waals surface area contributed by atoms with Gasteiger partial charge >= 0.3 is 0 Å². The van der Waals surface area contributed by atoms with Crippen molar-refractivity contribution in [1.29, 1.82) is 0 Å². The zero-order valence-electron chi connectivity index (χ0n) is 9.29. The second-order valence-electron chi connectivity index (χ2n) is 3.72. The lowest BCUT2D eigenvalue weighted by molar-refractivity contribution is 0.627. The van der Waals surface area contributed by atoms with Crippen LogP contribution in [-0.4, -0.2) is 0 Å². The Morgan fingerprint density at radius 1 is 1.22 bits per heavy atom. The standard InChI is InChI=1S/C13H10BrClFNS/c14-9-2-4-13(12(17)6-9)18-7-8-1-3-10(15)11(16)5-8/h1-6H,7,17H2. The lowest BCUT2D eigenvalue weighted by Crippen LogP contribution is -1.89. The summed E-state index contributed by atoms with van der Waals surface area (Å²) in [5.41, 5.74) is 7.48. The third-order valence-corrected chi connectivity index (χ3v) is 4.31. The Bertz CT molecular complexity index is 577. The van der Waals surface area contributed by atoms with Gasteiger partial charge in [-0.2, -0.15) is 0 Å². The number of nitrogen functional groups attached to an aromatic ring is 1. The molecule has 0 saturated heterocycles. The number of anilines is 1. The van der Waals surface area contributed by atoms with Crippen LogP contribution in [0.4, 0.5) is 10.1 Å². The quantitative estimate of drug-likeness (QED) is 0.617. The molecule has 0 unspecified atom stereocenters. The van der Waals surface area contributed by atoms with E-state index in [-0.39, 0.29) is 5.02 Å². The normalized spacial score (nSPS) is 10.6. The summed E-state index contributed by atoms with van der Waals surface area (Å²) in [4.78, 5) is 0.980. The van der Waals surface area contributed by atoms with Crippen LogP contribution in [0, 0.1) is 5.82 Å². The van der Waals surface area contributed by atoms with E-state index in [1.165, 1.54) is 6.07 Å². The second kappa shape index (κ2) is 5.95. The zero-order chi connectivity index (χ0) is 13.1. The monoisotopic (exact) mass is 345 g/mol. The molecule has 0 atom stereocenters. The summed E-state index contributed by atoms with van der Waals surface area (Å²) in [6.45, 7) is 0. The third-order valence-electron chi connectivity index (χ3n) is 2.35. The van der Waals surface area contributed by atoms with Gasteiger partial charge in [-0.1, -0.05) is 33.6 Å². The maximum atomic E-state index is 13.3. The van der Waals surface area contributed by atoms with Crippen LogP contribution in [0.2, 0.25) is 5.02 Å². The number of hydrogen-bond donors (Lipinski definition) is 1. The minimum absolute atomic E-state index is 0.145. The van der Waals surface area contributed by atoms with Crippen molar-refractivity contribution in [3.8, 4) is 0 Å². The van der Waals surface area contributed by atoms with E-state index < -0.39 is 5.82 Å². The number of nitrogens with two attached hydrogens (primary N) is 1. The summed E-state index contributed by atoms with van der Waals surface area (Å²) in [5.74, 6) is 0.262. The molecule has 0 aliphatic heterocycles. The van der Waals surface area contributed by atoms with Crippen molar-refractivity contribution in [2.24, 2.45) is 0 Å². The van der Waals surface area contributed by atoms with E-state index in [4.69, 9.17) is 17.3 Å². The molecule has 0 heterocycles. The van der Waals surface area contributed by atoms with Crippen molar-refractivity contribution in [3.63, 3.8) is 0 Å². The highest BCUT2D eigenvalue weighted by molar-refractivity contribution is 9.10. The third kappa shape index (κ3) is 3.40. The van der Waals surface area contributed by atoms with Crippen LogP contribution in [0.1, 0.15) is 5.56 Å². The summed E-state index contributed by atoms with van der Waals surface area (Å²) >= 11 is 10.6. The Balaban J connectivity index is 2.09. The van der Waals surface area contributed by atoms with Crippen LogP contribution < -0.4 is 5.73 Å². The molecule has 0 radical (unpaired) electrons. The van der Waals surface area contributed by atoms with Crippen LogP contribution in [0.25, 0.3) is 0 Å². The van der Waals surface area contributed by atoms with Crippen molar-refractivity contribution in [2.45, 2.75) is 10.6 Å². The van der Waals surface area contributed by atoms with Crippen molar-refractivity contribution in [2.75, 3.05) is 5.73 Å². The summed E-state index contributed by atoms with van der Waals surface area (Å²) in [5, 5.41) is 0.145. The minimum Gasteiger partial charge on any atom is -0.398 e. The highest BCUT2D eigenvalue weighted by Crippen LogP contribution is 2.30. The summed E-state index contributed by atoms with van der Waals surface area (Å²) in [6.07, 6.45) is 0. The van der Waals surface area contributed by atoms with Gasteiger partial charge in [0.15, 0.2) is 0 Å². The summed E-state index contributed by atoms with van der Waals surface area (Å²) in [6, 6.07) is 10.6. The molecule has 1 nitrogen and oxygen atoms in total. The Morgan fingerprint density at radius 3 is 2.67 bits per heavy atom. The average molecular weight is 347 g/mol. The molecule has 94 valence electrons. The second-order valence-corrected chi connectivity index (χ2v) is 6.06. The van der Waals surface area contributed by atoms with Crippen molar-refractivity contribution >= 4 is 45.0 Å². The van der Waals surface area contributed by atoms with E-state index in [2.05, 4.69) is 15.9 Å².